The first kappa shape index (κ1) is 62.1. The number of carbonyl (C=O) groups is 11. The van der Waals surface area contributed by atoms with Crippen LogP contribution < -0.4 is 59.3 Å². The maximum atomic E-state index is 14.2. The normalized spacial score (nSPS) is 26.5. The molecule has 0 aromatic heterocycles. The Kier molecular flexibility index (Phi) is 27.8. The van der Waals surface area contributed by atoms with Crippen LogP contribution >= 0.6 is 0 Å². The van der Waals surface area contributed by atoms with Crippen LogP contribution in [0.4, 0.5) is 0 Å². The number of primary amides is 2. The summed E-state index contributed by atoms with van der Waals surface area (Å²) in [4.78, 5) is 149. The number of hydrogen-bond donors (Lipinski definition) is 13. The number of nitrogens with one attached hydrogen (secondary N) is 9. The van der Waals surface area contributed by atoms with Gasteiger partial charge >= 0.3 is 0 Å². The molecule has 0 aliphatic carbocycles. The van der Waals surface area contributed by atoms with Crippen LogP contribution in [0.25, 0.3) is 0 Å². The third kappa shape index (κ3) is 22.7. The fraction of sp³-hybridized carbons (Fsp3) is 0.761. The lowest BCUT2D eigenvalue weighted by Crippen LogP contribution is -2.62. The highest BCUT2D eigenvalue weighted by Crippen LogP contribution is 2.14. The molecule has 1 heterocycles. The second kappa shape index (κ2) is 31.3. The molecular weight excluding hydrogens is 915 g/mol. The Labute approximate surface area is 410 Å². The first-order valence-electron chi connectivity index (χ1n) is 24.4. The summed E-state index contributed by atoms with van der Waals surface area (Å²) in [5.41, 5.74) is 10.8. The molecule has 398 valence electrons. The highest BCUT2D eigenvalue weighted by Gasteiger charge is 2.38. The van der Waals surface area contributed by atoms with Crippen LogP contribution in [-0.2, 0) is 52.7 Å². The summed E-state index contributed by atoms with van der Waals surface area (Å²) in [5, 5.41) is 43.5. The molecule has 11 atom stereocenters. The zero-order valence-corrected chi connectivity index (χ0v) is 42.2. The van der Waals surface area contributed by atoms with Crippen LogP contribution in [0.5, 0.6) is 0 Å². The smallest absolute Gasteiger partial charge is 0.245 e. The highest BCUT2D eigenvalue weighted by molar-refractivity contribution is 6.00. The summed E-state index contributed by atoms with van der Waals surface area (Å²) in [6.07, 6.45) is 0.672. The van der Waals surface area contributed by atoms with Gasteiger partial charge in [0.25, 0.3) is 0 Å². The molecule has 0 bridgehead atoms. The third-order valence-electron chi connectivity index (χ3n) is 11.3. The van der Waals surface area contributed by atoms with Gasteiger partial charge in [-0.3, -0.25) is 52.7 Å². The number of rotatable bonds is 19. The minimum atomic E-state index is -1.82. The molecular formula is C46H81N11O13. The maximum Gasteiger partial charge on any atom is 0.245 e. The van der Waals surface area contributed by atoms with E-state index in [-0.39, 0.29) is 37.5 Å². The fourth-order valence-electron chi connectivity index (χ4n) is 7.52. The molecule has 1 aliphatic rings. The fourth-order valence-corrected chi connectivity index (χ4v) is 7.52. The molecule has 24 heteroatoms. The average molecular weight is 996 g/mol. The predicted molar refractivity (Wildman–Crippen MR) is 256 cm³/mol. The molecule has 0 unspecified atom stereocenters. The van der Waals surface area contributed by atoms with E-state index >= 15 is 0 Å². The van der Waals surface area contributed by atoms with Crippen molar-refractivity contribution in [1.82, 2.24) is 47.9 Å². The predicted octanol–water partition coefficient (Wildman–Crippen LogP) is -2.46. The van der Waals surface area contributed by atoms with Gasteiger partial charge in [0, 0.05) is 0 Å². The molecule has 15 N–H and O–H groups in total. The molecule has 1 aliphatic heterocycles. The van der Waals surface area contributed by atoms with Crippen molar-refractivity contribution in [3.8, 4) is 0 Å². The highest BCUT2D eigenvalue weighted by atomic mass is 16.3. The minimum Gasteiger partial charge on any atom is -0.391 e. The zero-order chi connectivity index (χ0) is 53.4. The molecule has 1 fully saturated rings. The van der Waals surface area contributed by atoms with E-state index in [0.717, 1.165) is 25.7 Å². The van der Waals surface area contributed by atoms with Gasteiger partial charge in [-0.1, -0.05) is 86.5 Å². The lowest BCUT2D eigenvalue weighted by Gasteiger charge is -2.29. The molecule has 0 aromatic carbocycles. The maximum absolute atomic E-state index is 14.2. The monoisotopic (exact) mass is 996 g/mol. The van der Waals surface area contributed by atoms with Crippen LogP contribution in [0.15, 0.2) is 0 Å². The number of amides is 11. The Bertz CT molecular complexity index is 1810. The largest absolute Gasteiger partial charge is 0.391 e. The van der Waals surface area contributed by atoms with E-state index in [1.165, 1.54) is 20.8 Å². The Morgan fingerprint density at radius 1 is 0.429 bits per heavy atom. The summed E-state index contributed by atoms with van der Waals surface area (Å²) in [6.45, 7) is 14.3. The Balaban J connectivity index is 3.98. The SMILES string of the molecule is CCCCCCCC[C@H]1NC(=O)[C@@H](CC(C)C)NC(=O)[C@H]([C@@H](C)O)NC(=O)[C@@H](CC(C)C)NC(=O)[C@@H](CC(N)=O)NC(=O)[C@H](CC(N)=O)NC(=O)[C@H](C)NC(=O)[C@H]([C@@H](C)O)NC(=O)[C@H](CCC)NC1=O. The zero-order valence-electron chi connectivity index (χ0n) is 42.2. The first-order valence-corrected chi connectivity index (χ1v) is 24.4. The van der Waals surface area contributed by atoms with Gasteiger partial charge in [0.15, 0.2) is 0 Å². The van der Waals surface area contributed by atoms with Gasteiger partial charge in [-0.2, -0.15) is 0 Å². The van der Waals surface area contributed by atoms with Crippen molar-refractivity contribution in [2.45, 2.75) is 212 Å². The lowest BCUT2D eigenvalue weighted by atomic mass is 9.99. The topological polar surface area (TPSA) is 389 Å². The van der Waals surface area contributed by atoms with Crippen LogP contribution in [0, 0.1) is 11.8 Å². The van der Waals surface area contributed by atoms with E-state index in [1.54, 1.807) is 34.6 Å². The second-order valence-corrected chi connectivity index (χ2v) is 19.0. The number of nitrogens with two attached hydrogens (primary N) is 2. The molecule has 24 nitrogen and oxygen atoms in total. The van der Waals surface area contributed by atoms with E-state index in [0.29, 0.717) is 19.3 Å². The van der Waals surface area contributed by atoms with Crippen LogP contribution in [-0.4, -0.2) is 142 Å². The van der Waals surface area contributed by atoms with E-state index in [9.17, 15) is 63.0 Å². The Hall–Kier alpha value is -5.91. The minimum absolute atomic E-state index is 0.0338. The van der Waals surface area contributed by atoms with Gasteiger partial charge in [0.05, 0.1) is 25.0 Å². The number of aliphatic hydroxyl groups is 2. The molecule has 0 spiro atoms. The third-order valence-corrected chi connectivity index (χ3v) is 11.3. The Morgan fingerprint density at radius 3 is 1.19 bits per heavy atom. The summed E-state index contributed by atoms with van der Waals surface area (Å²) in [7, 11) is 0. The second-order valence-electron chi connectivity index (χ2n) is 19.0. The van der Waals surface area contributed by atoms with Gasteiger partial charge in [-0.25, -0.2) is 0 Å². The molecule has 1 saturated heterocycles. The van der Waals surface area contributed by atoms with E-state index in [4.69, 9.17) is 11.5 Å². The molecule has 0 radical (unpaired) electrons. The van der Waals surface area contributed by atoms with Crippen LogP contribution in [0.2, 0.25) is 0 Å². The number of hydrogen-bond acceptors (Lipinski definition) is 13. The van der Waals surface area contributed by atoms with Crippen molar-refractivity contribution in [3.63, 3.8) is 0 Å². The van der Waals surface area contributed by atoms with Gasteiger partial charge < -0.3 is 69.5 Å². The first-order chi connectivity index (χ1) is 32.7. The quantitative estimate of drug-likeness (QED) is 0.0598. The van der Waals surface area contributed by atoms with Crippen molar-refractivity contribution in [2.24, 2.45) is 23.3 Å². The number of aliphatic hydroxyl groups excluding tert-OH is 2. The van der Waals surface area contributed by atoms with Gasteiger partial charge in [0.1, 0.15) is 54.4 Å². The Morgan fingerprint density at radius 2 is 0.757 bits per heavy atom. The molecule has 70 heavy (non-hydrogen) atoms. The summed E-state index contributed by atoms with van der Waals surface area (Å²) in [6, 6.07) is -13.9. The van der Waals surface area contributed by atoms with Crippen molar-refractivity contribution in [2.75, 3.05) is 0 Å². The summed E-state index contributed by atoms with van der Waals surface area (Å²) in [5.74, 6) is -11.6. The standard InChI is InChI=1S/C46H81N11O13/c1-10-12-13-14-15-16-18-29-39(63)50-28(17-11-2)40(64)56-36(26(8)58)45(69)49-25(7)38(62)52-32(21-34(47)60)42(66)54-33(22-35(48)61)43(67)53-31(20-24(5)6)44(68)57-37(27(9)59)46(70)55-30(19-23(3)4)41(65)51-29/h23-33,36-37,58-59H,10-22H2,1-9H3,(H2,47,60)(H2,48,61)(H,49,69)(H,50,63)(H,51,65)(H,52,62)(H,53,67)(H,54,66)(H,55,70)(H,56,64)(H,57,68)/t25-,26+,27+,28-,29+,30+,31+,32-,33+,36-,37-/m0/s1. The van der Waals surface area contributed by atoms with E-state index in [2.05, 4.69) is 54.8 Å². The molecule has 0 saturated carbocycles. The van der Waals surface area contributed by atoms with Crippen LogP contribution in [0.3, 0.4) is 0 Å². The molecule has 1 rings (SSSR count). The number of carbonyl (C=O) groups excluding carboxylic acids is 11. The van der Waals surface area contributed by atoms with Crippen molar-refractivity contribution >= 4 is 65.0 Å². The van der Waals surface area contributed by atoms with Crippen LogP contribution in [0.1, 0.15) is 146 Å². The van der Waals surface area contributed by atoms with Gasteiger partial charge in [0.2, 0.25) is 65.0 Å². The van der Waals surface area contributed by atoms with Gasteiger partial charge in [-0.15, -0.1) is 0 Å². The van der Waals surface area contributed by atoms with E-state index in [1.807, 2.05) is 0 Å². The molecule has 11 amide bonds. The summed E-state index contributed by atoms with van der Waals surface area (Å²) < 4.78 is 0. The summed E-state index contributed by atoms with van der Waals surface area (Å²) >= 11 is 0. The van der Waals surface area contributed by atoms with Gasteiger partial charge in [-0.05, 0) is 58.3 Å². The molecule has 0 aromatic rings. The van der Waals surface area contributed by atoms with E-state index < -0.39 is 144 Å². The average Bonchev–Trinajstić information content (AvgIpc) is 3.25. The van der Waals surface area contributed by atoms with Crippen molar-refractivity contribution < 1.29 is 63.0 Å². The van der Waals surface area contributed by atoms with Crippen molar-refractivity contribution in [1.29, 1.82) is 0 Å². The number of unbranched alkanes of at least 4 members (excludes halogenated alkanes) is 5. The lowest BCUT2D eigenvalue weighted by molar-refractivity contribution is -0.138. The van der Waals surface area contributed by atoms with Crippen molar-refractivity contribution in [3.05, 3.63) is 0 Å².